The normalized spacial score (nSPS) is 9.90. The van der Waals surface area contributed by atoms with Crippen LogP contribution in [0.2, 0.25) is 0 Å². The maximum atomic E-state index is 6.51. The van der Waals surface area contributed by atoms with Gasteiger partial charge in [0.25, 0.3) is 0 Å². The predicted molar refractivity (Wildman–Crippen MR) is 44.8 cm³/mol. The fourth-order valence-electron chi connectivity index (χ4n) is 0.611. The van der Waals surface area contributed by atoms with E-state index in [1.807, 2.05) is 23.6 Å². The smallest absolute Gasteiger partial charge is 0.233 e. The van der Waals surface area contributed by atoms with Gasteiger partial charge in [0.2, 0.25) is 6.54 Å². The molecule has 50 valence electrons. The lowest BCUT2D eigenvalue weighted by Crippen LogP contribution is -1.63. The summed E-state index contributed by atoms with van der Waals surface area (Å²) in [5.74, 6) is 0. The fourth-order valence-corrected chi connectivity index (χ4v) is 1.24. The van der Waals surface area contributed by atoms with Crippen molar-refractivity contribution in [1.29, 1.82) is 0 Å². The van der Waals surface area contributed by atoms with Crippen molar-refractivity contribution in [3.05, 3.63) is 39.9 Å². The molecule has 0 radical (unpaired) electrons. The van der Waals surface area contributed by atoms with E-state index in [2.05, 4.69) is 10.2 Å². The third-order valence-corrected chi connectivity index (χ3v) is 1.75. The van der Waals surface area contributed by atoms with Gasteiger partial charge in [0.15, 0.2) is 0 Å². The van der Waals surface area contributed by atoms with Gasteiger partial charge in [0, 0.05) is 0 Å². The van der Waals surface area contributed by atoms with Crippen LogP contribution in [0.4, 0.5) is 0 Å². The van der Waals surface area contributed by atoms with Gasteiger partial charge in [-0.15, -0.1) is 0 Å². The molecule has 0 N–H and O–H groups in total. The summed E-state index contributed by atoms with van der Waals surface area (Å²) >= 11 is 1.67. The molecule has 0 amide bonds. The average Bonchev–Trinajstić information content (AvgIpc) is 2.41. The van der Waals surface area contributed by atoms with Crippen LogP contribution in [0.3, 0.4) is 0 Å². The maximum absolute atomic E-state index is 6.51. The summed E-state index contributed by atoms with van der Waals surface area (Å²) in [5.41, 5.74) is 1.19. The monoisotopic (exact) mass is 149 g/mol. The molecule has 1 nitrogen and oxygen atoms in total. The van der Waals surface area contributed by atoms with E-state index in [9.17, 15) is 0 Å². The second kappa shape index (κ2) is 3.86. The Balaban J connectivity index is 2.49. The van der Waals surface area contributed by atoms with Crippen molar-refractivity contribution < 1.29 is 0 Å². The van der Waals surface area contributed by atoms with Crippen LogP contribution in [-0.2, 0) is 0 Å². The van der Waals surface area contributed by atoms with E-state index in [0.29, 0.717) is 6.54 Å². The third kappa shape index (κ3) is 2.04. The van der Waals surface area contributed by atoms with Crippen LogP contribution in [0.5, 0.6) is 0 Å². The zero-order valence-corrected chi connectivity index (χ0v) is 6.27. The minimum absolute atomic E-state index is 0.482. The van der Waals surface area contributed by atoms with Crippen LogP contribution in [0.25, 0.3) is 10.9 Å². The van der Waals surface area contributed by atoms with E-state index >= 15 is 0 Å². The topological polar surface area (TPSA) is 4.36 Å². The van der Waals surface area contributed by atoms with Crippen LogP contribution in [-0.4, -0.2) is 6.54 Å². The highest BCUT2D eigenvalue weighted by atomic mass is 32.1. The minimum atomic E-state index is 0.482. The van der Waals surface area contributed by atoms with Gasteiger partial charge in [-0.2, -0.15) is 11.3 Å². The van der Waals surface area contributed by atoms with E-state index < -0.39 is 0 Å². The summed E-state index contributed by atoms with van der Waals surface area (Å²) in [4.78, 5) is 3.20. The van der Waals surface area contributed by atoms with E-state index in [0.717, 1.165) is 0 Å². The first-order valence-electron chi connectivity index (χ1n) is 2.95. The summed E-state index contributed by atoms with van der Waals surface area (Å²) in [6.07, 6.45) is 3.84. The largest absolute Gasteiger partial charge is 0.312 e. The van der Waals surface area contributed by atoms with Crippen LogP contribution < -0.4 is 0 Å². The van der Waals surface area contributed by atoms with Gasteiger partial charge in [-0.05, 0) is 28.5 Å². The number of thiophene rings is 1. The summed E-state index contributed by atoms with van der Waals surface area (Å²) in [7, 11) is 0. The summed E-state index contributed by atoms with van der Waals surface area (Å²) in [6, 6.07) is 2.03. The molecule has 1 aromatic rings. The summed E-state index contributed by atoms with van der Waals surface area (Å²) < 4.78 is 0. The molecule has 0 saturated carbocycles. The lowest BCUT2D eigenvalue weighted by Gasteiger charge is -1.77. The lowest BCUT2D eigenvalue weighted by atomic mass is 10.3. The molecule has 1 rings (SSSR count). The molecule has 0 bridgehead atoms. The first-order valence-corrected chi connectivity index (χ1v) is 3.89. The van der Waals surface area contributed by atoms with Gasteiger partial charge in [-0.3, -0.25) is 0 Å². The highest BCUT2D eigenvalue weighted by molar-refractivity contribution is 7.08. The Labute approximate surface area is 64.4 Å². The Hall–Kier alpha value is -1.07. The standard InChI is InChI=1S/C8H7NS/c1-9-5-2-3-8-4-6-10-7-8/h2-4,6-7H,5H2/b3-2+. The van der Waals surface area contributed by atoms with Gasteiger partial charge in [-0.1, -0.05) is 6.08 Å². The van der Waals surface area contributed by atoms with Crippen LogP contribution in [0.15, 0.2) is 22.9 Å². The molecule has 0 unspecified atom stereocenters. The Bertz CT molecular complexity index is 241. The molecule has 1 aromatic heterocycles. The van der Waals surface area contributed by atoms with Gasteiger partial charge < -0.3 is 4.85 Å². The lowest BCUT2D eigenvalue weighted by molar-refractivity contribution is 1.55. The second-order valence-corrected chi connectivity index (χ2v) is 2.58. The quantitative estimate of drug-likeness (QED) is 0.569. The van der Waals surface area contributed by atoms with E-state index in [4.69, 9.17) is 6.57 Å². The van der Waals surface area contributed by atoms with Crippen LogP contribution >= 0.6 is 11.3 Å². The Morgan fingerprint density at radius 1 is 1.70 bits per heavy atom. The van der Waals surface area contributed by atoms with Gasteiger partial charge >= 0.3 is 0 Å². The Kier molecular flexibility index (Phi) is 2.72. The molecule has 0 spiro atoms. The highest BCUT2D eigenvalue weighted by Crippen LogP contribution is 2.06. The zero-order valence-electron chi connectivity index (χ0n) is 5.45. The van der Waals surface area contributed by atoms with E-state index in [1.54, 1.807) is 11.3 Å². The molecule has 10 heavy (non-hydrogen) atoms. The van der Waals surface area contributed by atoms with E-state index in [-0.39, 0.29) is 0 Å². The van der Waals surface area contributed by atoms with Gasteiger partial charge in [-0.25, -0.2) is 6.57 Å². The van der Waals surface area contributed by atoms with Crippen molar-refractivity contribution in [2.24, 2.45) is 0 Å². The number of rotatable bonds is 2. The molecule has 0 aromatic carbocycles. The predicted octanol–water partition coefficient (Wildman–Crippen LogP) is 2.68. The van der Waals surface area contributed by atoms with Crippen molar-refractivity contribution in [2.75, 3.05) is 6.54 Å². The molecule has 0 saturated heterocycles. The van der Waals surface area contributed by atoms with Crippen molar-refractivity contribution in [1.82, 2.24) is 0 Å². The van der Waals surface area contributed by atoms with Crippen LogP contribution in [0, 0.1) is 6.57 Å². The maximum Gasteiger partial charge on any atom is 0.233 e. The van der Waals surface area contributed by atoms with Crippen molar-refractivity contribution in [3.8, 4) is 0 Å². The Morgan fingerprint density at radius 3 is 3.20 bits per heavy atom. The molecule has 0 fully saturated rings. The number of hydrogen-bond donors (Lipinski definition) is 0. The molecule has 1 heterocycles. The molecule has 2 heteroatoms. The molecule has 0 atom stereocenters. The van der Waals surface area contributed by atoms with Gasteiger partial charge in [0.05, 0.1) is 0 Å². The number of nitrogens with zero attached hydrogens (tertiary/aromatic N) is 1. The third-order valence-electron chi connectivity index (χ3n) is 1.05. The zero-order chi connectivity index (χ0) is 7.23. The molecule has 0 aliphatic heterocycles. The first kappa shape index (κ1) is 7.04. The molecule has 0 aliphatic carbocycles. The number of hydrogen-bond acceptors (Lipinski definition) is 1. The summed E-state index contributed by atoms with van der Waals surface area (Å²) in [5, 5.41) is 4.08. The average molecular weight is 149 g/mol. The van der Waals surface area contributed by atoms with Crippen molar-refractivity contribution >= 4 is 17.4 Å². The van der Waals surface area contributed by atoms with Crippen molar-refractivity contribution in [2.45, 2.75) is 0 Å². The van der Waals surface area contributed by atoms with Gasteiger partial charge in [0.1, 0.15) is 0 Å². The molecule has 0 aliphatic rings. The van der Waals surface area contributed by atoms with Crippen molar-refractivity contribution in [3.63, 3.8) is 0 Å². The fraction of sp³-hybridized carbons (Fsp3) is 0.125. The first-order chi connectivity index (χ1) is 4.93. The van der Waals surface area contributed by atoms with Crippen LogP contribution in [0.1, 0.15) is 5.56 Å². The second-order valence-electron chi connectivity index (χ2n) is 1.80. The minimum Gasteiger partial charge on any atom is -0.312 e. The SMILES string of the molecule is [C-]#[N+]C/C=C/c1ccsc1. The van der Waals surface area contributed by atoms with E-state index in [1.165, 1.54) is 5.56 Å². The molecular formula is C8H7NS. The summed E-state index contributed by atoms with van der Waals surface area (Å²) in [6.45, 7) is 6.99. The Morgan fingerprint density at radius 2 is 2.60 bits per heavy atom. The molecular weight excluding hydrogens is 142 g/mol. The highest BCUT2D eigenvalue weighted by Gasteiger charge is 1.83.